The first-order chi connectivity index (χ1) is 9.92. The van der Waals surface area contributed by atoms with Crippen molar-refractivity contribution in [3.05, 3.63) is 12.2 Å². The molecule has 0 aromatic carbocycles. The molecule has 1 aliphatic carbocycles. The maximum absolute atomic E-state index is 10.8. The Morgan fingerprint density at radius 2 is 1.95 bits per heavy atom. The molecule has 0 radical (unpaired) electrons. The highest BCUT2D eigenvalue weighted by Gasteiger charge is 2.44. The summed E-state index contributed by atoms with van der Waals surface area (Å²) in [5.74, 6) is 0.842. The maximum Gasteiger partial charge on any atom is 0.138 e. The molecule has 1 saturated carbocycles. The van der Waals surface area contributed by atoms with E-state index >= 15 is 0 Å². The Kier molecular flexibility index (Phi) is 5.04. The van der Waals surface area contributed by atoms with Crippen LogP contribution in [0.1, 0.15) is 59.2 Å². The zero-order chi connectivity index (χ0) is 15.5. The van der Waals surface area contributed by atoms with E-state index in [0.29, 0.717) is 18.4 Å². The van der Waals surface area contributed by atoms with Gasteiger partial charge in [-0.05, 0) is 44.9 Å². The molecule has 2 rings (SSSR count). The van der Waals surface area contributed by atoms with Gasteiger partial charge in [-0.15, -0.1) is 0 Å². The molecule has 0 aliphatic heterocycles. The topological polar surface area (TPSA) is 60.2 Å². The van der Waals surface area contributed by atoms with Crippen molar-refractivity contribution >= 4 is 0 Å². The van der Waals surface area contributed by atoms with Crippen LogP contribution in [0.3, 0.4) is 0 Å². The van der Waals surface area contributed by atoms with Gasteiger partial charge in [0.05, 0.1) is 11.7 Å². The number of aryl methyl sites for hydroxylation is 1. The maximum atomic E-state index is 10.8. The van der Waals surface area contributed by atoms with Gasteiger partial charge < -0.3 is 9.84 Å². The molecular weight excluding hydrogens is 266 g/mol. The molecule has 1 aromatic heterocycles. The van der Waals surface area contributed by atoms with Gasteiger partial charge in [-0.2, -0.15) is 5.10 Å². The number of aromatic nitrogens is 3. The van der Waals surface area contributed by atoms with Crippen molar-refractivity contribution in [1.29, 1.82) is 0 Å². The number of ether oxygens (including phenoxy) is 1. The molecule has 0 spiro atoms. The smallest absolute Gasteiger partial charge is 0.138 e. The van der Waals surface area contributed by atoms with Crippen LogP contribution in [0.5, 0.6) is 0 Å². The van der Waals surface area contributed by atoms with Crippen LogP contribution >= 0.6 is 0 Å². The lowest BCUT2D eigenvalue weighted by Gasteiger charge is -2.45. The van der Waals surface area contributed by atoms with Gasteiger partial charge in [0.15, 0.2) is 0 Å². The molecule has 0 amide bonds. The Morgan fingerprint density at radius 1 is 1.29 bits per heavy atom. The van der Waals surface area contributed by atoms with Crippen LogP contribution in [-0.4, -0.2) is 38.2 Å². The summed E-state index contributed by atoms with van der Waals surface area (Å²) >= 11 is 0. The van der Waals surface area contributed by atoms with Gasteiger partial charge in [-0.3, -0.25) is 4.68 Å². The molecule has 0 bridgehead atoms. The summed E-state index contributed by atoms with van der Waals surface area (Å²) in [5.41, 5.74) is -0.0709. The molecule has 5 nitrogen and oxygen atoms in total. The number of hydrogen-bond donors (Lipinski definition) is 1. The Balaban J connectivity index is 2.11. The highest BCUT2D eigenvalue weighted by Crippen LogP contribution is 2.44. The lowest BCUT2D eigenvalue weighted by atomic mass is 9.68. The lowest BCUT2D eigenvalue weighted by molar-refractivity contribution is -0.151. The number of nitrogens with zero attached hydrogens (tertiary/aromatic N) is 3. The fourth-order valence-electron chi connectivity index (χ4n) is 3.28. The average Bonchev–Trinajstić information content (AvgIpc) is 2.89. The number of aliphatic hydroxyl groups excluding tert-OH is 1. The van der Waals surface area contributed by atoms with Crippen molar-refractivity contribution in [2.24, 2.45) is 5.41 Å². The number of aliphatic hydroxyl groups is 1. The summed E-state index contributed by atoms with van der Waals surface area (Å²) < 4.78 is 7.88. The van der Waals surface area contributed by atoms with Crippen molar-refractivity contribution in [2.45, 2.75) is 78.0 Å². The first-order valence-corrected chi connectivity index (χ1v) is 8.11. The van der Waals surface area contributed by atoms with E-state index in [1.807, 2.05) is 18.5 Å². The molecule has 1 unspecified atom stereocenters. The van der Waals surface area contributed by atoms with E-state index in [1.165, 1.54) is 0 Å². The third-order valence-corrected chi connectivity index (χ3v) is 4.86. The summed E-state index contributed by atoms with van der Waals surface area (Å²) in [6, 6.07) is 0. The predicted molar refractivity (Wildman–Crippen MR) is 82.0 cm³/mol. The molecule has 1 aromatic rings. The van der Waals surface area contributed by atoms with Crippen molar-refractivity contribution in [1.82, 2.24) is 14.8 Å². The summed E-state index contributed by atoms with van der Waals surface area (Å²) in [6.45, 7) is 10.0. The molecule has 0 saturated heterocycles. The van der Waals surface area contributed by atoms with Gasteiger partial charge in [-0.1, -0.05) is 13.8 Å². The normalized spacial score (nSPS) is 22.1. The summed E-state index contributed by atoms with van der Waals surface area (Å²) in [6.07, 6.45) is 5.54. The van der Waals surface area contributed by atoms with Crippen LogP contribution in [0.4, 0.5) is 0 Å². The van der Waals surface area contributed by atoms with E-state index in [1.54, 1.807) is 6.33 Å². The van der Waals surface area contributed by atoms with Gasteiger partial charge in [0, 0.05) is 19.6 Å². The van der Waals surface area contributed by atoms with E-state index in [9.17, 15) is 5.11 Å². The monoisotopic (exact) mass is 295 g/mol. The van der Waals surface area contributed by atoms with Crippen molar-refractivity contribution in [3.8, 4) is 0 Å². The van der Waals surface area contributed by atoms with E-state index in [0.717, 1.165) is 38.1 Å². The van der Waals surface area contributed by atoms with Crippen LogP contribution < -0.4 is 0 Å². The number of rotatable bonds is 6. The van der Waals surface area contributed by atoms with Crippen LogP contribution in [-0.2, 0) is 17.7 Å². The third-order valence-electron chi connectivity index (χ3n) is 4.86. The lowest BCUT2D eigenvalue weighted by Crippen LogP contribution is -2.50. The molecule has 1 aliphatic rings. The van der Waals surface area contributed by atoms with E-state index in [2.05, 4.69) is 23.9 Å². The van der Waals surface area contributed by atoms with Crippen LogP contribution in [0, 0.1) is 5.41 Å². The van der Waals surface area contributed by atoms with Gasteiger partial charge in [0.25, 0.3) is 0 Å². The van der Waals surface area contributed by atoms with Gasteiger partial charge in [-0.25, -0.2) is 4.98 Å². The summed E-state index contributed by atoms with van der Waals surface area (Å²) in [7, 11) is 0. The zero-order valence-corrected chi connectivity index (χ0v) is 13.8. The van der Waals surface area contributed by atoms with Crippen LogP contribution in [0.25, 0.3) is 0 Å². The minimum absolute atomic E-state index is 0.351. The largest absolute Gasteiger partial charge is 0.390 e. The first kappa shape index (κ1) is 16.4. The van der Waals surface area contributed by atoms with Crippen molar-refractivity contribution in [2.75, 3.05) is 6.61 Å². The molecular formula is C16H29N3O2. The summed E-state index contributed by atoms with van der Waals surface area (Å²) in [4.78, 5) is 4.28. The van der Waals surface area contributed by atoms with Crippen LogP contribution in [0.15, 0.2) is 6.33 Å². The third kappa shape index (κ3) is 3.64. The van der Waals surface area contributed by atoms with E-state index in [-0.39, 0.29) is 0 Å². The Bertz CT molecular complexity index is 446. The minimum atomic E-state index is -0.525. The van der Waals surface area contributed by atoms with Gasteiger partial charge in [0.2, 0.25) is 0 Å². The first-order valence-electron chi connectivity index (χ1n) is 8.11. The van der Waals surface area contributed by atoms with Crippen LogP contribution in [0.2, 0.25) is 0 Å². The molecule has 1 heterocycles. The standard InChI is InChI=1S/C16H29N3O2/c1-5-19-14(17-12-18-19)11-13(20)16(21-6-2)9-7-15(3,4)8-10-16/h12-13,20H,5-11H2,1-4H3. The SMILES string of the molecule is CCOC1(C(O)Cc2ncnn2CC)CCC(C)(C)CC1. The quantitative estimate of drug-likeness (QED) is 0.876. The highest BCUT2D eigenvalue weighted by molar-refractivity contribution is 5.00. The fraction of sp³-hybridized carbons (Fsp3) is 0.875. The minimum Gasteiger partial charge on any atom is -0.390 e. The number of hydrogen-bond acceptors (Lipinski definition) is 4. The molecule has 5 heteroatoms. The molecule has 1 fully saturated rings. The van der Waals surface area contributed by atoms with Crippen molar-refractivity contribution in [3.63, 3.8) is 0 Å². The average molecular weight is 295 g/mol. The molecule has 1 atom stereocenters. The highest BCUT2D eigenvalue weighted by atomic mass is 16.5. The fourth-order valence-corrected chi connectivity index (χ4v) is 3.28. The van der Waals surface area contributed by atoms with Gasteiger partial charge in [0.1, 0.15) is 12.2 Å². The van der Waals surface area contributed by atoms with E-state index in [4.69, 9.17) is 4.74 Å². The van der Waals surface area contributed by atoms with Gasteiger partial charge >= 0.3 is 0 Å². The molecule has 21 heavy (non-hydrogen) atoms. The zero-order valence-electron chi connectivity index (χ0n) is 13.8. The summed E-state index contributed by atoms with van der Waals surface area (Å²) in [5, 5.41) is 15.0. The van der Waals surface area contributed by atoms with Crippen molar-refractivity contribution < 1.29 is 9.84 Å². The Hall–Kier alpha value is -0.940. The second-order valence-electron chi connectivity index (χ2n) is 6.87. The second-order valence-corrected chi connectivity index (χ2v) is 6.87. The Labute approximate surface area is 127 Å². The second kappa shape index (κ2) is 6.44. The predicted octanol–water partition coefficient (Wildman–Crippen LogP) is 2.58. The Morgan fingerprint density at radius 3 is 2.52 bits per heavy atom. The van der Waals surface area contributed by atoms with E-state index < -0.39 is 11.7 Å². The molecule has 120 valence electrons. The molecule has 1 N–H and O–H groups in total.